The number of carboxylic acid groups (broad SMARTS) is 1. The van der Waals surface area contributed by atoms with Gasteiger partial charge in [-0.15, -0.1) is 0 Å². The van der Waals surface area contributed by atoms with Crippen LogP contribution in [0.2, 0.25) is 0 Å². The van der Waals surface area contributed by atoms with Gasteiger partial charge in [0.15, 0.2) is 0 Å². The van der Waals surface area contributed by atoms with Crippen LogP contribution >= 0.6 is 0 Å². The van der Waals surface area contributed by atoms with Crippen LogP contribution in [0, 0.1) is 11.8 Å². The Kier molecular flexibility index (Phi) is 4.19. The Morgan fingerprint density at radius 2 is 2.37 bits per heavy atom. The van der Waals surface area contributed by atoms with Crippen molar-refractivity contribution in [3.8, 4) is 0 Å². The van der Waals surface area contributed by atoms with Crippen molar-refractivity contribution < 1.29 is 9.90 Å². The second-order valence-electron chi connectivity index (χ2n) is 4.95. The zero-order valence-electron chi connectivity index (χ0n) is 11.0. The molecule has 0 bridgehead atoms. The Hall–Kier alpha value is -1.85. The summed E-state index contributed by atoms with van der Waals surface area (Å²) >= 11 is 0. The van der Waals surface area contributed by atoms with Gasteiger partial charge < -0.3 is 15.4 Å². The summed E-state index contributed by atoms with van der Waals surface area (Å²) in [6.07, 6.45) is 3.26. The van der Waals surface area contributed by atoms with E-state index in [2.05, 4.69) is 15.3 Å². The average Bonchev–Trinajstić information content (AvgIpc) is 2.84. The molecule has 6 heteroatoms. The molecule has 1 saturated carbocycles. The Morgan fingerprint density at radius 3 is 3.05 bits per heavy atom. The summed E-state index contributed by atoms with van der Waals surface area (Å²) in [6, 6.07) is 1.41. The van der Waals surface area contributed by atoms with Crippen LogP contribution < -0.4 is 10.9 Å². The number of anilines is 1. The third-order valence-electron chi connectivity index (χ3n) is 3.65. The standard InChI is InChI=1S/C13H19N3O3/c1-2-10-15-11(6-12(17)16-10)14-7-8-4-3-5-9(8)13(18)19/h6,8-9H,2-5,7H2,1H3,(H,18,19)(H2,14,15,16,17). The molecule has 2 atom stereocenters. The van der Waals surface area contributed by atoms with E-state index in [0.29, 0.717) is 24.6 Å². The third kappa shape index (κ3) is 3.33. The molecule has 2 unspecified atom stereocenters. The molecular weight excluding hydrogens is 246 g/mol. The maximum Gasteiger partial charge on any atom is 0.306 e. The van der Waals surface area contributed by atoms with Gasteiger partial charge in [-0.25, -0.2) is 4.98 Å². The minimum Gasteiger partial charge on any atom is -0.481 e. The van der Waals surface area contributed by atoms with Crippen molar-refractivity contribution in [2.75, 3.05) is 11.9 Å². The quantitative estimate of drug-likeness (QED) is 0.744. The molecule has 1 aromatic heterocycles. The fraction of sp³-hybridized carbons (Fsp3) is 0.615. The van der Waals surface area contributed by atoms with Crippen LogP contribution in [-0.4, -0.2) is 27.6 Å². The maximum atomic E-state index is 11.4. The van der Waals surface area contributed by atoms with Gasteiger partial charge in [0, 0.05) is 19.0 Å². The van der Waals surface area contributed by atoms with E-state index < -0.39 is 5.97 Å². The highest BCUT2D eigenvalue weighted by Crippen LogP contribution is 2.31. The van der Waals surface area contributed by atoms with Crippen LogP contribution in [0.4, 0.5) is 5.82 Å². The van der Waals surface area contributed by atoms with Crippen molar-refractivity contribution in [1.82, 2.24) is 9.97 Å². The number of aromatic amines is 1. The molecule has 0 radical (unpaired) electrons. The molecule has 1 fully saturated rings. The van der Waals surface area contributed by atoms with E-state index in [1.807, 2.05) is 6.92 Å². The largest absolute Gasteiger partial charge is 0.481 e. The number of aromatic nitrogens is 2. The van der Waals surface area contributed by atoms with Gasteiger partial charge in [-0.1, -0.05) is 13.3 Å². The fourth-order valence-electron chi connectivity index (χ4n) is 2.61. The number of hydrogen-bond acceptors (Lipinski definition) is 4. The first-order valence-electron chi connectivity index (χ1n) is 6.67. The highest BCUT2D eigenvalue weighted by atomic mass is 16.4. The summed E-state index contributed by atoms with van der Waals surface area (Å²) in [5.41, 5.74) is -0.185. The maximum absolute atomic E-state index is 11.4. The highest BCUT2D eigenvalue weighted by molar-refractivity contribution is 5.70. The monoisotopic (exact) mass is 265 g/mol. The summed E-state index contributed by atoms with van der Waals surface area (Å²) in [6.45, 7) is 2.47. The van der Waals surface area contributed by atoms with Crippen molar-refractivity contribution >= 4 is 11.8 Å². The second-order valence-corrected chi connectivity index (χ2v) is 4.95. The second kappa shape index (κ2) is 5.86. The first-order valence-corrected chi connectivity index (χ1v) is 6.67. The SMILES string of the molecule is CCc1nc(NCC2CCCC2C(=O)O)cc(=O)[nH]1. The van der Waals surface area contributed by atoms with Crippen LogP contribution in [0.1, 0.15) is 32.0 Å². The zero-order valence-corrected chi connectivity index (χ0v) is 11.0. The highest BCUT2D eigenvalue weighted by Gasteiger charge is 2.32. The Balaban J connectivity index is 2.00. The van der Waals surface area contributed by atoms with Crippen LogP contribution in [0.15, 0.2) is 10.9 Å². The van der Waals surface area contributed by atoms with E-state index in [9.17, 15) is 9.59 Å². The Bertz CT molecular complexity index is 512. The van der Waals surface area contributed by atoms with Gasteiger partial charge in [0.2, 0.25) is 0 Å². The van der Waals surface area contributed by atoms with E-state index in [1.165, 1.54) is 6.07 Å². The number of aryl methyl sites for hydroxylation is 1. The summed E-state index contributed by atoms with van der Waals surface area (Å²) in [7, 11) is 0. The first kappa shape index (κ1) is 13.6. The number of hydrogen-bond donors (Lipinski definition) is 3. The Morgan fingerprint density at radius 1 is 1.58 bits per heavy atom. The van der Waals surface area contributed by atoms with Crippen LogP contribution in [0.25, 0.3) is 0 Å². The fourth-order valence-corrected chi connectivity index (χ4v) is 2.61. The van der Waals surface area contributed by atoms with Crippen molar-refractivity contribution in [2.45, 2.75) is 32.6 Å². The van der Waals surface area contributed by atoms with E-state index in [1.54, 1.807) is 0 Å². The molecule has 104 valence electrons. The van der Waals surface area contributed by atoms with Crippen LogP contribution in [0.3, 0.4) is 0 Å². The van der Waals surface area contributed by atoms with Gasteiger partial charge in [0.05, 0.1) is 5.92 Å². The molecule has 1 aromatic rings. The predicted octanol–water partition coefficient (Wildman–Crippen LogP) is 1.25. The number of nitrogens with zero attached hydrogens (tertiary/aromatic N) is 1. The minimum atomic E-state index is -0.725. The molecule has 0 aromatic carbocycles. The van der Waals surface area contributed by atoms with Crippen molar-refractivity contribution in [3.63, 3.8) is 0 Å². The number of nitrogens with one attached hydrogen (secondary N) is 2. The lowest BCUT2D eigenvalue weighted by Crippen LogP contribution is -2.25. The molecule has 1 heterocycles. The van der Waals surface area contributed by atoms with Gasteiger partial charge in [-0.2, -0.15) is 0 Å². The smallest absolute Gasteiger partial charge is 0.306 e. The predicted molar refractivity (Wildman–Crippen MR) is 71.2 cm³/mol. The van der Waals surface area contributed by atoms with Gasteiger partial charge >= 0.3 is 5.97 Å². The number of carboxylic acids is 1. The Labute approximate surface area is 111 Å². The molecule has 19 heavy (non-hydrogen) atoms. The molecule has 1 aliphatic carbocycles. The van der Waals surface area contributed by atoms with E-state index in [4.69, 9.17) is 5.11 Å². The third-order valence-corrected chi connectivity index (χ3v) is 3.65. The zero-order chi connectivity index (χ0) is 13.8. The molecule has 0 saturated heterocycles. The molecule has 3 N–H and O–H groups in total. The number of carbonyl (C=O) groups is 1. The van der Waals surface area contributed by atoms with Gasteiger partial charge in [-0.3, -0.25) is 9.59 Å². The number of H-pyrrole nitrogens is 1. The molecule has 0 amide bonds. The molecule has 2 rings (SSSR count). The van der Waals surface area contributed by atoms with E-state index >= 15 is 0 Å². The van der Waals surface area contributed by atoms with Crippen molar-refractivity contribution in [3.05, 3.63) is 22.2 Å². The summed E-state index contributed by atoms with van der Waals surface area (Å²) in [5, 5.41) is 12.2. The van der Waals surface area contributed by atoms with Crippen molar-refractivity contribution in [2.24, 2.45) is 11.8 Å². The molecular formula is C13H19N3O3. The van der Waals surface area contributed by atoms with Gasteiger partial charge in [-0.05, 0) is 18.8 Å². The van der Waals surface area contributed by atoms with Gasteiger partial charge in [0.1, 0.15) is 11.6 Å². The lowest BCUT2D eigenvalue weighted by atomic mass is 9.96. The minimum absolute atomic E-state index is 0.115. The van der Waals surface area contributed by atoms with E-state index in [0.717, 1.165) is 19.3 Å². The summed E-state index contributed by atoms with van der Waals surface area (Å²) in [4.78, 5) is 29.4. The number of rotatable bonds is 5. The van der Waals surface area contributed by atoms with Crippen molar-refractivity contribution in [1.29, 1.82) is 0 Å². The van der Waals surface area contributed by atoms with Crippen LogP contribution in [-0.2, 0) is 11.2 Å². The molecule has 0 aliphatic heterocycles. The molecule has 0 spiro atoms. The lowest BCUT2D eigenvalue weighted by Gasteiger charge is -2.16. The lowest BCUT2D eigenvalue weighted by molar-refractivity contribution is -0.142. The summed E-state index contributed by atoms with van der Waals surface area (Å²) < 4.78 is 0. The van der Waals surface area contributed by atoms with E-state index in [-0.39, 0.29) is 17.4 Å². The summed E-state index contributed by atoms with van der Waals surface area (Å²) in [5.74, 6) is 0.272. The van der Waals surface area contributed by atoms with Crippen LogP contribution in [0.5, 0.6) is 0 Å². The molecule has 1 aliphatic rings. The average molecular weight is 265 g/mol. The first-order chi connectivity index (χ1) is 9.10. The topological polar surface area (TPSA) is 95.1 Å². The number of aliphatic carboxylic acids is 1. The molecule has 6 nitrogen and oxygen atoms in total. The normalized spacial score (nSPS) is 22.4. The van der Waals surface area contributed by atoms with Gasteiger partial charge in [0.25, 0.3) is 5.56 Å².